The summed E-state index contributed by atoms with van der Waals surface area (Å²) >= 11 is 0. The Balaban J connectivity index is 1.45. The van der Waals surface area contributed by atoms with Crippen molar-refractivity contribution >= 4 is 22.3 Å². The molecule has 5 rings (SSSR count). The van der Waals surface area contributed by atoms with Gasteiger partial charge in [0.15, 0.2) is 0 Å². The Hall–Kier alpha value is -2.80. The van der Waals surface area contributed by atoms with Gasteiger partial charge in [-0.2, -0.15) is 10.2 Å². The van der Waals surface area contributed by atoms with Crippen LogP contribution in [0.2, 0.25) is 0 Å². The number of nitrogens with one attached hydrogen (secondary N) is 1. The van der Waals surface area contributed by atoms with Crippen LogP contribution in [0.3, 0.4) is 0 Å². The van der Waals surface area contributed by atoms with E-state index in [1.54, 1.807) is 18.3 Å². The van der Waals surface area contributed by atoms with E-state index in [0.717, 1.165) is 47.4 Å². The quantitative estimate of drug-likeness (QED) is 0.676. The highest BCUT2D eigenvalue weighted by molar-refractivity contribution is 5.93. The maximum Gasteiger partial charge on any atom is 0.263 e. The van der Waals surface area contributed by atoms with Crippen molar-refractivity contribution in [2.75, 3.05) is 23.4 Å². The summed E-state index contributed by atoms with van der Waals surface area (Å²) in [6.07, 6.45) is 0.618. The Morgan fingerprint density at radius 1 is 1.17 bits per heavy atom. The number of morpholine rings is 1. The van der Waals surface area contributed by atoms with Crippen molar-refractivity contribution in [1.82, 2.24) is 10.2 Å². The van der Waals surface area contributed by atoms with Crippen LogP contribution >= 0.6 is 0 Å². The van der Waals surface area contributed by atoms with Crippen molar-refractivity contribution in [3.63, 3.8) is 0 Å². The predicted molar refractivity (Wildman–Crippen MR) is 108 cm³/mol. The zero-order valence-electron chi connectivity index (χ0n) is 16.1. The summed E-state index contributed by atoms with van der Waals surface area (Å²) in [4.78, 5) is 2.40. The number of ether oxygens (including phenoxy) is 1. The molecular weight excluding hydrogens is 374 g/mol. The van der Waals surface area contributed by atoms with E-state index in [1.807, 2.05) is 19.1 Å². The zero-order chi connectivity index (χ0) is 20.0. The van der Waals surface area contributed by atoms with Crippen molar-refractivity contribution in [2.45, 2.75) is 38.0 Å². The molecule has 0 aliphatic carbocycles. The third-order valence-corrected chi connectivity index (χ3v) is 5.89. The van der Waals surface area contributed by atoms with Gasteiger partial charge in [0.05, 0.1) is 36.2 Å². The van der Waals surface area contributed by atoms with Crippen LogP contribution in [0.25, 0.3) is 10.9 Å². The van der Waals surface area contributed by atoms with Gasteiger partial charge in [-0.15, -0.1) is 0 Å². The molecule has 150 valence electrons. The van der Waals surface area contributed by atoms with Gasteiger partial charge in [-0.1, -0.05) is 18.2 Å². The summed E-state index contributed by atoms with van der Waals surface area (Å²) in [5.74, 6) is 0. The molecule has 2 aliphatic rings. The Bertz CT molecular complexity index is 1040. The van der Waals surface area contributed by atoms with Gasteiger partial charge < -0.3 is 15.0 Å². The summed E-state index contributed by atoms with van der Waals surface area (Å²) in [7, 11) is 0. The van der Waals surface area contributed by atoms with Gasteiger partial charge in [-0.25, -0.2) is 8.78 Å². The van der Waals surface area contributed by atoms with Gasteiger partial charge in [0.25, 0.3) is 6.43 Å². The van der Waals surface area contributed by atoms with E-state index in [2.05, 4.69) is 32.5 Å². The minimum Gasteiger partial charge on any atom is -0.377 e. The second-order valence-electron chi connectivity index (χ2n) is 7.79. The second-order valence-corrected chi connectivity index (χ2v) is 7.79. The largest absolute Gasteiger partial charge is 0.377 e. The molecular formula is C22H22F2N4O. The standard InChI is InChI=1S/C22H22F2N4O/c1-13(14-3-2-4-15(7-14)22(23)24)26-21-10-25-27-20-6-5-16(9-19(20)21)28-11-18-8-17(28)12-29-18/h2-7,9-10,13,17-18,22H,8,11-12H2,1H3,(H,26,27)/t13-,17-,18-/m1/s1. The highest BCUT2D eigenvalue weighted by atomic mass is 19.3. The summed E-state index contributed by atoms with van der Waals surface area (Å²) in [6.45, 7) is 3.64. The molecule has 5 nitrogen and oxygen atoms in total. The maximum absolute atomic E-state index is 13.0. The molecule has 3 aromatic rings. The van der Waals surface area contributed by atoms with Crippen molar-refractivity contribution in [3.05, 3.63) is 59.8 Å². The smallest absolute Gasteiger partial charge is 0.263 e. The Labute approximate surface area is 167 Å². The van der Waals surface area contributed by atoms with Crippen LogP contribution in [-0.2, 0) is 4.74 Å². The monoisotopic (exact) mass is 396 g/mol. The number of halogens is 2. The number of hydrogen-bond acceptors (Lipinski definition) is 5. The van der Waals surface area contributed by atoms with Crippen LogP contribution in [0, 0.1) is 0 Å². The van der Waals surface area contributed by atoms with Crippen LogP contribution in [0.15, 0.2) is 48.7 Å². The van der Waals surface area contributed by atoms with Gasteiger partial charge in [0.2, 0.25) is 0 Å². The Morgan fingerprint density at radius 2 is 2.03 bits per heavy atom. The first-order chi connectivity index (χ1) is 14.1. The van der Waals surface area contributed by atoms with Crippen LogP contribution in [-0.4, -0.2) is 35.5 Å². The lowest BCUT2D eigenvalue weighted by Gasteiger charge is -2.29. The molecule has 3 atom stereocenters. The van der Waals surface area contributed by atoms with Crippen LogP contribution in [0.5, 0.6) is 0 Å². The number of hydrogen-bond donors (Lipinski definition) is 1. The Kier molecular flexibility index (Phi) is 4.54. The fourth-order valence-electron chi connectivity index (χ4n) is 4.34. The molecule has 3 heterocycles. The molecule has 2 bridgehead atoms. The fraction of sp³-hybridized carbons (Fsp3) is 0.364. The average molecular weight is 396 g/mol. The van der Waals surface area contributed by atoms with Gasteiger partial charge >= 0.3 is 0 Å². The lowest BCUT2D eigenvalue weighted by atomic mass is 10.0. The molecule has 2 saturated heterocycles. The molecule has 0 unspecified atom stereocenters. The van der Waals surface area contributed by atoms with E-state index in [4.69, 9.17) is 4.74 Å². The van der Waals surface area contributed by atoms with Crippen LogP contribution < -0.4 is 10.2 Å². The number of anilines is 2. The van der Waals surface area contributed by atoms with Gasteiger partial charge in [-0.05, 0) is 43.2 Å². The van der Waals surface area contributed by atoms with Crippen molar-refractivity contribution < 1.29 is 13.5 Å². The predicted octanol–water partition coefficient (Wildman–Crippen LogP) is 4.72. The van der Waals surface area contributed by atoms with E-state index in [1.165, 1.54) is 6.07 Å². The normalized spacial score (nSPS) is 21.9. The lowest BCUT2D eigenvalue weighted by Crippen LogP contribution is -2.36. The molecule has 1 aromatic heterocycles. The summed E-state index contributed by atoms with van der Waals surface area (Å²) in [5.41, 5.74) is 3.62. The van der Waals surface area contributed by atoms with Crippen LogP contribution in [0.4, 0.5) is 20.2 Å². The first-order valence-electron chi connectivity index (χ1n) is 9.87. The number of rotatable bonds is 5. The lowest BCUT2D eigenvalue weighted by molar-refractivity contribution is 0.0991. The molecule has 29 heavy (non-hydrogen) atoms. The van der Waals surface area contributed by atoms with Crippen molar-refractivity contribution in [2.24, 2.45) is 0 Å². The highest BCUT2D eigenvalue weighted by Crippen LogP contribution is 2.35. The first kappa shape index (κ1) is 18.2. The number of aromatic nitrogens is 2. The molecule has 7 heteroatoms. The van der Waals surface area contributed by atoms with E-state index < -0.39 is 6.43 Å². The topological polar surface area (TPSA) is 50.3 Å². The number of fused-ring (bicyclic) bond motifs is 3. The second kappa shape index (κ2) is 7.22. The minimum atomic E-state index is -2.48. The zero-order valence-corrected chi connectivity index (χ0v) is 16.1. The number of alkyl halides is 2. The van der Waals surface area contributed by atoms with Crippen LogP contribution in [0.1, 0.15) is 36.9 Å². The SMILES string of the molecule is C[C@@H](Nc1cnnc2ccc(N3C[C@H]4C[C@@H]3CO4)cc12)c1cccc(C(F)F)c1. The van der Waals surface area contributed by atoms with E-state index >= 15 is 0 Å². The summed E-state index contributed by atoms with van der Waals surface area (Å²) < 4.78 is 31.8. The molecule has 2 aliphatic heterocycles. The molecule has 0 radical (unpaired) electrons. The van der Waals surface area contributed by atoms with Gasteiger partial charge in [0, 0.05) is 29.2 Å². The highest BCUT2D eigenvalue weighted by Gasteiger charge is 2.39. The maximum atomic E-state index is 13.0. The molecule has 2 fully saturated rings. The summed E-state index contributed by atoms with van der Waals surface area (Å²) in [5, 5.41) is 12.7. The fourth-order valence-corrected chi connectivity index (χ4v) is 4.34. The molecule has 0 saturated carbocycles. The van der Waals surface area contributed by atoms with E-state index in [-0.39, 0.29) is 11.6 Å². The number of nitrogens with zero attached hydrogens (tertiary/aromatic N) is 3. The van der Waals surface area contributed by atoms with E-state index in [9.17, 15) is 8.78 Å². The number of benzene rings is 2. The molecule has 1 N–H and O–H groups in total. The molecule has 0 amide bonds. The minimum absolute atomic E-state index is 0.0300. The summed E-state index contributed by atoms with van der Waals surface area (Å²) in [6, 6.07) is 13.0. The third kappa shape index (κ3) is 3.40. The Morgan fingerprint density at radius 3 is 2.79 bits per heavy atom. The first-order valence-corrected chi connectivity index (χ1v) is 9.87. The van der Waals surface area contributed by atoms with Gasteiger partial charge in [-0.3, -0.25) is 0 Å². The average Bonchev–Trinajstić information content (AvgIpc) is 3.37. The van der Waals surface area contributed by atoms with Gasteiger partial charge in [0.1, 0.15) is 0 Å². The molecule has 0 spiro atoms. The van der Waals surface area contributed by atoms with Crippen molar-refractivity contribution in [1.29, 1.82) is 0 Å². The van der Waals surface area contributed by atoms with Crippen molar-refractivity contribution in [3.8, 4) is 0 Å². The third-order valence-electron chi connectivity index (χ3n) is 5.89. The molecule has 2 aromatic carbocycles. The van der Waals surface area contributed by atoms with E-state index in [0.29, 0.717) is 12.1 Å².